The number of imidazole rings is 1. The van der Waals surface area contributed by atoms with Gasteiger partial charge in [-0.3, -0.25) is 0 Å². The Morgan fingerprint density at radius 3 is 2.56 bits per heavy atom. The Balaban J connectivity index is 2.07. The SMILES string of the molecule is CSc1ccc(-c2nc3nc(N)ccc3[nH]2)cc1. The van der Waals surface area contributed by atoms with Gasteiger partial charge in [-0.1, -0.05) is 12.1 Å². The molecule has 2 aromatic heterocycles. The quantitative estimate of drug-likeness (QED) is 0.692. The van der Waals surface area contributed by atoms with E-state index in [2.05, 4.69) is 33.3 Å². The second kappa shape index (κ2) is 4.34. The number of nitrogens with two attached hydrogens (primary N) is 1. The molecule has 0 amide bonds. The molecule has 1 aromatic carbocycles. The predicted molar refractivity (Wildman–Crippen MR) is 75.5 cm³/mol. The summed E-state index contributed by atoms with van der Waals surface area (Å²) in [6.07, 6.45) is 2.06. The van der Waals surface area contributed by atoms with E-state index in [1.165, 1.54) is 4.90 Å². The maximum absolute atomic E-state index is 5.64. The number of benzene rings is 1. The van der Waals surface area contributed by atoms with Crippen molar-refractivity contribution in [2.24, 2.45) is 0 Å². The second-order valence-electron chi connectivity index (χ2n) is 3.92. The molecule has 0 spiro atoms. The number of nitrogens with one attached hydrogen (secondary N) is 1. The summed E-state index contributed by atoms with van der Waals surface area (Å²) in [4.78, 5) is 13.1. The number of fused-ring (bicyclic) bond motifs is 1. The average Bonchev–Trinajstić information content (AvgIpc) is 2.81. The van der Waals surface area contributed by atoms with Gasteiger partial charge in [0, 0.05) is 10.5 Å². The highest BCUT2D eigenvalue weighted by molar-refractivity contribution is 7.98. The lowest BCUT2D eigenvalue weighted by molar-refractivity contribution is 1.30. The molecule has 2 heterocycles. The summed E-state index contributed by atoms with van der Waals surface area (Å²) in [5.74, 6) is 1.30. The number of nitrogen functional groups attached to an aromatic ring is 1. The molecule has 18 heavy (non-hydrogen) atoms. The number of aromatic amines is 1. The summed E-state index contributed by atoms with van der Waals surface area (Å²) < 4.78 is 0. The number of nitrogens with zero attached hydrogens (tertiary/aromatic N) is 2. The second-order valence-corrected chi connectivity index (χ2v) is 4.80. The Hall–Kier alpha value is -2.01. The zero-order valence-electron chi connectivity index (χ0n) is 9.84. The summed E-state index contributed by atoms with van der Waals surface area (Å²) in [6, 6.07) is 11.9. The number of rotatable bonds is 2. The first-order valence-electron chi connectivity index (χ1n) is 5.53. The van der Waals surface area contributed by atoms with Crippen molar-refractivity contribution in [1.82, 2.24) is 15.0 Å². The summed E-state index contributed by atoms with van der Waals surface area (Å²) >= 11 is 1.72. The lowest BCUT2D eigenvalue weighted by atomic mass is 10.2. The highest BCUT2D eigenvalue weighted by Gasteiger charge is 2.06. The zero-order chi connectivity index (χ0) is 12.5. The molecule has 0 unspecified atom stereocenters. The molecule has 3 aromatic rings. The summed E-state index contributed by atoms with van der Waals surface area (Å²) in [5, 5.41) is 0. The van der Waals surface area contributed by atoms with Crippen LogP contribution >= 0.6 is 11.8 Å². The molecule has 0 bridgehead atoms. The van der Waals surface area contributed by atoms with Gasteiger partial charge in [-0.05, 0) is 30.5 Å². The number of pyridine rings is 1. The molecule has 3 rings (SSSR count). The normalized spacial score (nSPS) is 10.9. The van der Waals surface area contributed by atoms with E-state index in [0.29, 0.717) is 11.5 Å². The molecule has 5 heteroatoms. The van der Waals surface area contributed by atoms with Gasteiger partial charge >= 0.3 is 0 Å². The number of anilines is 1. The first kappa shape index (κ1) is 11.1. The Bertz CT molecular complexity index is 688. The predicted octanol–water partition coefficient (Wildman–Crippen LogP) is 2.93. The minimum atomic E-state index is 0.485. The smallest absolute Gasteiger partial charge is 0.180 e. The number of thioether (sulfide) groups is 1. The molecular weight excluding hydrogens is 244 g/mol. The van der Waals surface area contributed by atoms with Gasteiger partial charge in [-0.2, -0.15) is 0 Å². The van der Waals surface area contributed by atoms with Gasteiger partial charge in [0.05, 0.1) is 5.52 Å². The van der Waals surface area contributed by atoms with Gasteiger partial charge in [0.2, 0.25) is 0 Å². The van der Waals surface area contributed by atoms with Crippen molar-refractivity contribution in [3.8, 4) is 11.4 Å². The van der Waals surface area contributed by atoms with Crippen molar-refractivity contribution in [3.63, 3.8) is 0 Å². The van der Waals surface area contributed by atoms with Crippen molar-refractivity contribution >= 4 is 28.7 Å². The maximum atomic E-state index is 5.64. The molecule has 0 aliphatic rings. The van der Waals surface area contributed by atoms with E-state index in [4.69, 9.17) is 5.73 Å². The highest BCUT2D eigenvalue weighted by Crippen LogP contribution is 2.23. The lowest BCUT2D eigenvalue weighted by Gasteiger charge is -1.98. The van der Waals surface area contributed by atoms with Gasteiger partial charge < -0.3 is 10.7 Å². The summed E-state index contributed by atoms with van der Waals surface area (Å²) in [5.41, 5.74) is 8.24. The van der Waals surface area contributed by atoms with E-state index in [1.807, 2.05) is 18.2 Å². The van der Waals surface area contributed by atoms with Crippen molar-refractivity contribution < 1.29 is 0 Å². The minimum Gasteiger partial charge on any atom is -0.384 e. The van der Waals surface area contributed by atoms with Gasteiger partial charge in [-0.25, -0.2) is 9.97 Å². The van der Waals surface area contributed by atoms with E-state index < -0.39 is 0 Å². The topological polar surface area (TPSA) is 67.6 Å². The largest absolute Gasteiger partial charge is 0.384 e. The molecule has 0 aliphatic carbocycles. The standard InChI is InChI=1S/C13H12N4S/c1-18-9-4-2-8(3-5-9)12-15-10-6-7-11(14)16-13(10)17-12/h2-7H,1H3,(H3,14,15,16,17). The van der Waals surface area contributed by atoms with E-state index in [9.17, 15) is 0 Å². The van der Waals surface area contributed by atoms with Crippen molar-refractivity contribution in [3.05, 3.63) is 36.4 Å². The Labute approximate surface area is 109 Å². The summed E-state index contributed by atoms with van der Waals surface area (Å²) in [6.45, 7) is 0. The van der Waals surface area contributed by atoms with Gasteiger partial charge in [0.25, 0.3) is 0 Å². The average molecular weight is 256 g/mol. The Morgan fingerprint density at radius 1 is 1.06 bits per heavy atom. The summed E-state index contributed by atoms with van der Waals surface area (Å²) in [7, 11) is 0. The third kappa shape index (κ3) is 1.93. The van der Waals surface area contributed by atoms with E-state index in [-0.39, 0.29) is 0 Å². The third-order valence-corrected chi connectivity index (χ3v) is 3.47. The van der Waals surface area contributed by atoms with Crippen LogP contribution in [0.4, 0.5) is 5.82 Å². The van der Waals surface area contributed by atoms with Crippen molar-refractivity contribution in [2.45, 2.75) is 4.90 Å². The van der Waals surface area contributed by atoms with Crippen LogP contribution in [0, 0.1) is 0 Å². The lowest BCUT2D eigenvalue weighted by Crippen LogP contribution is -1.88. The number of hydrogen-bond acceptors (Lipinski definition) is 4. The molecule has 3 N–H and O–H groups in total. The van der Waals surface area contributed by atoms with Gasteiger partial charge in [0.1, 0.15) is 11.6 Å². The van der Waals surface area contributed by atoms with Gasteiger partial charge in [0.15, 0.2) is 5.65 Å². The molecule has 0 fully saturated rings. The van der Waals surface area contributed by atoms with Crippen molar-refractivity contribution in [2.75, 3.05) is 12.0 Å². The molecular formula is C13H12N4S. The Kier molecular flexibility index (Phi) is 2.68. The van der Waals surface area contributed by atoms with Crippen LogP contribution in [-0.4, -0.2) is 21.2 Å². The maximum Gasteiger partial charge on any atom is 0.180 e. The van der Waals surface area contributed by atoms with Crippen LogP contribution in [0.1, 0.15) is 0 Å². The molecule has 4 nitrogen and oxygen atoms in total. The number of hydrogen-bond donors (Lipinski definition) is 2. The van der Waals surface area contributed by atoms with Crippen LogP contribution in [-0.2, 0) is 0 Å². The Morgan fingerprint density at radius 2 is 1.83 bits per heavy atom. The third-order valence-electron chi connectivity index (χ3n) is 2.73. The number of H-pyrrole nitrogens is 1. The molecule has 0 saturated heterocycles. The fourth-order valence-electron chi connectivity index (χ4n) is 1.79. The van der Waals surface area contributed by atoms with Crippen LogP contribution in [0.15, 0.2) is 41.3 Å². The first-order valence-corrected chi connectivity index (χ1v) is 6.75. The van der Waals surface area contributed by atoms with E-state index in [1.54, 1.807) is 17.8 Å². The van der Waals surface area contributed by atoms with Crippen molar-refractivity contribution in [1.29, 1.82) is 0 Å². The number of aromatic nitrogens is 3. The zero-order valence-corrected chi connectivity index (χ0v) is 10.7. The van der Waals surface area contributed by atoms with Gasteiger partial charge in [-0.15, -0.1) is 11.8 Å². The van der Waals surface area contributed by atoms with Crippen LogP contribution in [0.2, 0.25) is 0 Å². The molecule has 0 atom stereocenters. The highest BCUT2D eigenvalue weighted by atomic mass is 32.2. The van der Waals surface area contributed by atoms with Crippen LogP contribution in [0.5, 0.6) is 0 Å². The van der Waals surface area contributed by atoms with Crippen LogP contribution < -0.4 is 5.73 Å². The first-order chi connectivity index (χ1) is 8.76. The van der Waals surface area contributed by atoms with E-state index in [0.717, 1.165) is 16.9 Å². The fraction of sp³-hybridized carbons (Fsp3) is 0.0769. The van der Waals surface area contributed by atoms with Crippen LogP contribution in [0.3, 0.4) is 0 Å². The molecule has 90 valence electrons. The molecule has 0 radical (unpaired) electrons. The molecule has 0 aliphatic heterocycles. The minimum absolute atomic E-state index is 0.485. The molecule has 0 saturated carbocycles. The van der Waals surface area contributed by atoms with E-state index >= 15 is 0 Å². The monoisotopic (exact) mass is 256 g/mol. The fourth-order valence-corrected chi connectivity index (χ4v) is 2.20. The van der Waals surface area contributed by atoms with Crippen LogP contribution in [0.25, 0.3) is 22.6 Å².